The number of benzene rings is 2. The van der Waals surface area contributed by atoms with E-state index >= 15 is 0 Å². The maximum absolute atomic E-state index is 9.49. The number of thiazole rings is 1. The average Bonchev–Trinajstić information content (AvgIpc) is 3.19. The molecule has 1 aliphatic heterocycles. The lowest BCUT2D eigenvalue weighted by Gasteiger charge is -2.18. The van der Waals surface area contributed by atoms with E-state index in [4.69, 9.17) is 9.47 Å². The summed E-state index contributed by atoms with van der Waals surface area (Å²) in [6.45, 7) is 1.10. The first kappa shape index (κ1) is 16.2. The van der Waals surface area contributed by atoms with Crippen molar-refractivity contribution in [1.82, 2.24) is 4.98 Å². The van der Waals surface area contributed by atoms with E-state index in [0.29, 0.717) is 29.5 Å². The molecular weight excluding hydrogens is 346 g/mol. The van der Waals surface area contributed by atoms with Gasteiger partial charge in [-0.15, -0.1) is 11.3 Å². The predicted octanol–water partition coefficient (Wildman–Crippen LogP) is 4.56. The van der Waals surface area contributed by atoms with Gasteiger partial charge in [-0.2, -0.15) is 5.26 Å². The van der Waals surface area contributed by atoms with E-state index < -0.39 is 0 Å². The Morgan fingerprint density at radius 3 is 2.73 bits per heavy atom. The summed E-state index contributed by atoms with van der Waals surface area (Å²) >= 11 is 1.45. The number of hydrogen-bond acceptors (Lipinski definition) is 6. The monoisotopic (exact) mass is 361 g/mol. The highest BCUT2D eigenvalue weighted by Crippen LogP contribution is 2.33. The van der Waals surface area contributed by atoms with E-state index in [1.54, 1.807) is 6.20 Å². The van der Waals surface area contributed by atoms with E-state index in [1.807, 2.05) is 53.9 Å². The maximum Gasteiger partial charge on any atom is 0.163 e. The maximum atomic E-state index is 9.49. The Balaban J connectivity index is 1.54. The second kappa shape index (κ2) is 7.30. The minimum Gasteiger partial charge on any atom is -0.486 e. The van der Waals surface area contributed by atoms with Crippen molar-refractivity contribution in [3.8, 4) is 28.8 Å². The lowest BCUT2D eigenvalue weighted by atomic mass is 10.2. The first-order chi connectivity index (χ1) is 12.8. The molecule has 0 saturated heterocycles. The number of aromatic nitrogens is 1. The number of nitrogens with one attached hydrogen (secondary N) is 1. The van der Waals surface area contributed by atoms with Gasteiger partial charge in [0.1, 0.15) is 29.9 Å². The summed E-state index contributed by atoms with van der Waals surface area (Å²) in [6.07, 6.45) is 1.67. The largest absolute Gasteiger partial charge is 0.486 e. The molecule has 4 rings (SSSR count). The third-order valence-electron chi connectivity index (χ3n) is 3.85. The fourth-order valence-corrected chi connectivity index (χ4v) is 3.36. The third-order valence-corrected chi connectivity index (χ3v) is 4.73. The molecule has 1 aliphatic rings. The molecule has 0 atom stereocenters. The van der Waals surface area contributed by atoms with Crippen LogP contribution in [-0.2, 0) is 0 Å². The molecule has 0 spiro atoms. The Labute approximate surface area is 155 Å². The van der Waals surface area contributed by atoms with Crippen molar-refractivity contribution in [2.24, 2.45) is 0 Å². The zero-order chi connectivity index (χ0) is 17.8. The molecular formula is C20H15N3O2S. The first-order valence-electron chi connectivity index (χ1n) is 8.11. The van der Waals surface area contributed by atoms with Crippen LogP contribution in [0, 0.1) is 11.3 Å². The van der Waals surface area contributed by atoms with Gasteiger partial charge in [-0.1, -0.05) is 30.3 Å². The normalized spacial score (nSPS) is 13.1. The molecule has 0 amide bonds. The van der Waals surface area contributed by atoms with Crippen LogP contribution in [0.25, 0.3) is 16.8 Å². The van der Waals surface area contributed by atoms with Crippen LogP contribution < -0.4 is 14.8 Å². The second-order valence-corrected chi connectivity index (χ2v) is 6.43. The Kier molecular flexibility index (Phi) is 4.54. The Bertz CT molecular complexity index is 990. The summed E-state index contributed by atoms with van der Waals surface area (Å²) in [6, 6.07) is 17.7. The van der Waals surface area contributed by atoms with Gasteiger partial charge >= 0.3 is 0 Å². The zero-order valence-corrected chi connectivity index (χ0v) is 14.6. The smallest absolute Gasteiger partial charge is 0.163 e. The molecule has 0 fully saturated rings. The molecule has 0 radical (unpaired) electrons. The highest BCUT2D eigenvalue weighted by atomic mass is 32.1. The molecule has 0 unspecified atom stereocenters. The van der Waals surface area contributed by atoms with Crippen molar-refractivity contribution in [2.45, 2.75) is 0 Å². The molecule has 26 heavy (non-hydrogen) atoms. The molecule has 0 bridgehead atoms. The van der Waals surface area contributed by atoms with E-state index in [0.717, 1.165) is 22.7 Å². The van der Waals surface area contributed by atoms with Crippen molar-refractivity contribution in [1.29, 1.82) is 5.26 Å². The van der Waals surface area contributed by atoms with Crippen molar-refractivity contribution in [3.05, 3.63) is 65.1 Å². The van der Waals surface area contributed by atoms with E-state index in [1.165, 1.54) is 11.3 Å². The quantitative estimate of drug-likeness (QED) is 0.690. The number of fused-ring (bicyclic) bond motifs is 1. The van der Waals surface area contributed by atoms with Gasteiger partial charge in [0.25, 0.3) is 0 Å². The number of allylic oxidation sites excluding steroid dienone is 1. The van der Waals surface area contributed by atoms with Crippen molar-refractivity contribution >= 4 is 22.6 Å². The van der Waals surface area contributed by atoms with Crippen LogP contribution in [0.2, 0.25) is 0 Å². The first-order valence-corrected chi connectivity index (χ1v) is 8.99. The fourth-order valence-electron chi connectivity index (χ4n) is 2.57. The fraction of sp³-hybridized carbons (Fsp3) is 0.100. The molecule has 6 heteroatoms. The van der Waals surface area contributed by atoms with Gasteiger partial charge in [0.2, 0.25) is 0 Å². The molecule has 2 heterocycles. The van der Waals surface area contributed by atoms with Gasteiger partial charge in [0.15, 0.2) is 11.5 Å². The highest BCUT2D eigenvalue weighted by molar-refractivity contribution is 7.11. The standard InChI is InChI=1S/C20H15N3O2S/c21-11-15(20-23-17(13-26-20)14-4-2-1-3-5-14)12-22-16-6-7-18-19(10-16)25-9-8-24-18/h1-7,10,12-13,22H,8-9H2. The molecule has 1 N–H and O–H groups in total. The van der Waals surface area contributed by atoms with Gasteiger partial charge in [-0.25, -0.2) is 4.98 Å². The number of ether oxygens (including phenoxy) is 2. The number of hydrogen-bond donors (Lipinski definition) is 1. The van der Waals surface area contributed by atoms with Gasteiger partial charge in [-0.05, 0) is 12.1 Å². The van der Waals surface area contributed by atoms with Crippen LogP contribution in [0.3, 0.4) is 0 Å². The Morgan fingerprint density at radius 1 is 1.12 bits per heavy atom. The van der Waals surface area contributed by atoms with Crippen molar-refractivity contribution in [3.63, 3.8) is 0 Å². The molecule has 0 saturated carbocycles. The topological polar surface area (TPSA) is 67.2 Å². The SMILES string of the molecule is N#CC(=CNc1ccc2c(c1)OCCO2)c1nc(-c2ccccc2)cs1. The number of anilines is 1. The zero-order valence-electron chi connectivity index (χ0n) is 13.8. The van der Waals surface area contributed by atoms with E-state index in [-0.39, 0.29) is 0 Å². The summed E-state index contributed by atoms with van der Waals surface area (Å²) in [5.41, 5.74) is 3.20. The minimum absolute atomic E-state index is 0.479. The lowest BCUT2D eigenvalue weighted by molar-refractivity contribution is 0.171. The molecule has 0 aliphatic carbocycles. The van der Waals surface area contributed by atoms with Crippen molar-refractivity contribution < 1.29 is 9.47 Å². The molecule has 1 aromatic heterocycles. The summed E-state index contributed by atoms with van der Waals surface area (Å²) in [5.74, 6) is 1.44. The van der Waals surface area contributed by atoms with Crippen LogP contribution in [0.15, 0.2) is 60.1 Å². The molecule has 128 valence electrons. The number of rotatable bonds is 4. The van der Waals surface area contributed by atoms with Crippen LogP contribution >= 0.6 is 11.3 Å². The average molecular weight is 361 g/mol. The summed E-state index contributed by atoms with van der Waals surface area (Å²) in [7, 11) is 0. The van der Waals surface area contributed by atoms with Crippen LogP contribution in [-0.4, -0.2) is 18.2 Å². The van der Waals surface area contributed by atoms with E-state index in [9.17, 15) is 5.26 Å². The van der Waals surface area contributed by atoms with Crippen LogP contribution in [0.1, 0.15) is 5.01 Å². The third kappa shape index (κ3) is 3.39. The van der Waals surface area contributed by atoms with Crippen LogP contribution in [0.5, 0.6) is 11.5 Å². The number of nitriles is 1. The highest BCUT2D eigenvalue weighted by Gasteiger charge is 2.12. The minimum atomic E-state index is 0.479. The Hall–Kier alpha value is -3.30. The number of nitrogens with zero attached hydrogens (tertiary/aromatic N) is 2. The summed E-state index contributed by atoms with van der Waals surface area (Å²) < 4.78 is 11.1. The molecule has 5 nitrogen and oxygen atoms in total. The predicted molar refractivity (Wildman–Crippen MR) is 102 cm³/mol. The van der Waals surface area contributed by atoms with Crippen molar-refractivity contribution in [2.75, 3.05) is 18.5 Å². The van der Waals surface area contributed by atoms with Gasteiger partial charge in [0.05, 0.1) is 5.69 Å². The van der Waals surface area contributed by atoms with Gasteiger partial charge in [-0.3, -0.25) is 0 Å². The summed E-state index contributed by atoms with van der Waals surface area (Å²) in [5, 5.41) is 15.3. The second-order valence-electron chi connectivity index (χ2n) is 5.58. The van der Waals surface area contributed by atoms with Gasteiger partial charge in [0, 0.05) is 28.9 Å². The lowest BCUT2D eigenvalue weighted by Crippen LogP contribution is -2.15. The molecule has 3 aromatic rings. The molecule has 2 aromatic carbocycles. The summed E-state index contributed by atoms with van der Waals surface area (Å²) in [4.78, 5) is 4.58. The van der Waals surface area contributed by atoms with Crippen LogP contribution in [0.4, 0.5) is 5.69 Å². The van der Waals surface area contributed by atoms with E-state index in [2.05, 4.69) is 16.4 Å². The van der Waals surface area contributed by atoms with Gasteiger partial charge < -0.3 is 14.8 Å². The Morgan fingerprint density at radius 2 is 1.92 bits per heavy atom.